The fourth-order valence-electron chi connectivity index (χ4n) is 1.64. The SMILES string of the molecule is O=C(O)CCc1cc(O)cc2c1OCCO2. The molecule has 16 heavy (non-hydrogen) atoms. The molecule has 2 N–H and O–H groups in total. The number of hydrogen-bond acceptors (Lipinski definition) is 4. The molecule has 0 aromatic heterocycles. The highest BCUT2D eigenvalue weighted by atomic mass is 16.6. The lowest BCUT2D eigenvalue weighted by Crippen LogP contribution is -2.16. The second-order valence-corrected chi connectivity index (χ2v) is 3.52. The van der Waals surface area contributed by atoms with Gasteiger partial charge in [-0.3, -0.25) is 4.79 Å². The predicted molar refractivity (Wildman–Crippen MR) is 55.1 cm³/mol. The molecule has 0 bridgehead atoms. The van der Waals surface area contributed by atoms with Crippen LogP contribution < -0.4 is 9.47 Å². The van der Waals surface area contributed by atoms with E-state index >= 15 is 0 Å². The highest BCUT2D eigenvalue weighted by Crippen LogP contribution is 2.37. The van der Waals surface area contributed by atoms with Crippen LogP contribution in [0.3, 0.4) is 0 Å². The summed E-state index contributed by atoms with van der Waals surface area (Å²) in [6.07, 6.45) is 0.314. The van der Waals surface area contributed by atoms with Gasteiger partial charge in [-0.1, -0.05) is 0 Å². The molecule has 0 atom stereocenters. The summed E-state index contributed by atoms with van der Waals surface area (Å²) in [4.78, 5) is 10.5. The minimum Gasteiger partial charge on any atom is -0.508 e. The number of carboxylic acid groups (broad SMARTS) is 1. The Morgan fingerprint density at radius 1 is 1.31 bits per heavy atom. The van der Waals surface area contributed by atoms with E-state index in [0.717, 1.165) is 0 Å². The molecule has 0 saturated heterocycles. The molecular weight excluding hydrogens is 212 g/mol. The van der Waals surface area contributed by atoms with Crippen molar-refractivity contribution in [2.45, 2.75) is 12.8 Å². The maximum atomic E-state index is 10.5. The van der Waals surface area contributed by atoms with E-state index in [2.05, 4.69) is 0 Å². The first kappa shape index (κ1) is 10.6. The maximum Gasteiger partial charge on any atom is 0.303 e. The second kappa shape index (κ2) is 4.30. The fraction of sp³-hybridized carbons (Fsp3) is 0.364. The van der Waals surface area contributed by atoms with Gasteiger partial charge in [0.1, 0.15) is 19.0 Å². The molecular formula is C11H12O5. The zero-order valence-corrected chi connectivity index (χ0v) is 8.60. The monoisotopic (exact) mass is 224 g/mol. The summed E-state index contributed by atoms with van der Waals surface area (Å²) in [6.45, 7) is 0.882. The molecule has 1 aromatic carbocycles. The number of phenolic OH excluding ortho intramolecular Hbond substituents is 1. The minimum atomic E-state index is -0.881. The number of phenols is 1. The second-order valence-electron chi connectivity index (χ2n) is 3.52. The largest absolute Gasteiger partial charge is 0.508 e. The lowest BCUT2D eigenvalue weighted by Gasteiger charge is -2.21. The van der Waals surface area contributed by atoms with Crippen LogP contribution in [-0.2, 0) is 11.2 Å². The number of aliphatic carboxylic acids is 1. The van der Waals surface area contributed by atoms with Crippen molar-refractivity contribution >= 4 is 5.97 Å². The number of aromatic hydroxyl groups is 1. The Morgan fingerprint density at radius 3 is 2.81 bits per heavy atom. The van der Waals surface area contributed by atoms with Crippen molar-refractivity contribution in [2.24, 2.45) is 0 Å². The number of carboxylic acids is 1. The van der Waals surface area contributed by atoms with Gasteiger partial charge in [-0.05, 0) is 12.5 Å². The van der Waals surface area contributed by atoms with Crippen molar-refractivity contribution in [2.75, 3.05) is 13.2 Å². The van der Waals surface area contributed by atoms with Gasteiger partial charge in [0.05, 0.1) is 0 Å². The Balaban J connectivity index is 2.28. The van der Waals surface area contributed by atoms with Crippen molar-refractivity contribution in [1.82, 2.24) is 0 Å². The van der Waals surface area contributed by atoms with Gasteiger partial charge in [0.25, 0.3) is 0 Å². The van der Waals surface area contributed by atoms with Crippen LogP contribution in [-0.4, -0.2) is 29.4 Å². The smallest absolute Gasteiger partial charge is 0.303 e. The van der Waals surface area contributed by atoms with Crippen LogP contribution in [0.1, 0.15) is 12.0 Å². The number of ether oxygens (including phenoxy) is 2. The van der Waals surface area contributed by atoms with Gasteiger partial charge in [0, 0.05) is 18.1 Å². The number of hydrogen-bond donors (Lipinski definition) is 2. The molecule has 1 heterocycles. The van der Waals surface area contributed by atoms with Crippen LogP contribution in [0.5, 0.6) is 17.2 Å². The molecule has 86 valence electrons. The van der Waals surface area contributed by atoms with Gasteiger partial charge < -0.3 is 19.7 Å². The van der Waals surface area contributed by atoms with Crippen LogP contribution in [0.15, 0.2) is 12.1 Å². The van der Waals surface area contributed by atoms with Crippen LogP contribution in [0.25, 0.3) is 0 Å². The lowest BCUT2D eigenvalue weighted by molar-refractivity contribution is -0.136. The van der Waals surface area contributed by atoms with E-state index in [1.807, 2.05) is 0 Å². The van der Waals surface area contributed by atoms with E-state index in [1.165, 1.54) is 12.1 Å². The minimum absolute atomic E-state index is 0.000741. The summed E-state index contributed by atoms with van der Waals surface area (Å²) in [5.74, 6) is 0.204. The molecule has 0 fully saturated rings. The summed E-state index contributed by atoms with van der Waals surface area (Å²) in [7, 11) is 0. The van der Waals surface area contributed by atoms with E-state index in [9.17, 15) is 9.90 Å². The molecule has 1 aliphatic heterocycles. The Kier molecular flexibility index (Phi) is 2.85. The van der Waals surface area contributed by atoms with Crippen LogP contribution in [0.4, 0.5) is 0 Å². The zero-order valence-electron chi connectivity index (χ0n) is 8.60. The first-order valence-electron chi connectivity index (χ1n) is 5.00. The third-order valence-corrected chi connectivity index (χ3v) is 2.31. The summed E-state index contributed by atoms with van der Waals surface area (Å²) >= 11 is 0. The van der Waals surface area contributed by atoms with Crippen LogP contribution in [0, 0.1) is 0 Å². The molecule has 0 spiro atoms. The van der Waals surface area contributed by atoms with Gasteiger partial charge in [-0.15, -0.1) is 0 Å². The van der Waals surface area contributed by atoms with Gasteiger partial charge >= 0.3 is 5.97 Å². The summed E-state index contributed by atoms with van der Waals surface area (Å²) in [5.41, 5.74) is 0.664. The van der Waals surface area contributed by atoms with Crippen molar-refractivity contribution in [3.05, 3.63) is 17.7 Å². The molecule has 2 rings (SSSR count). The Hall–Kier alpha value is -1.91. The Bertz CT molecular complexity index is 413. The van der Waals surface area contributed by atoms with E-state index in [4.69, 9.17) is 14.6 Å². The quantitative estimate of drug-likeness (QED) is 0.806. The van der Waals surface area contributed by atoms with Crippen molar-refractivity contribution in [3.8, 4) is 17.2 Å². The van der Waals surface area contributed by atoms with Crippen molar-refractivity contribution in [1.29, 1.82) is 0 Å². The van der Waals surface area contributed by atoms with Gasteiger partial charge in [0.15, 0.2) is 11.5 Å². The van der Waals surface area contributed by atoms with Crippen molar-refractivity contribution < 1.29 is 24.5 Å². The predicted octanol–water partition coefficient (Wildman–Crippen LogP) is 1.18. The Labute approximate surface area is 92.2 Å². The number of fused-ring (bicyclic) bond motifs is 1. The van der Waals surface area contributed by atoms with E-state index in [-0.39, 0.29) is 12.2 Å². The molecule has 0 radical (unpaired) electrons. The molecule has 1 aromatic rings. The third-order valence-electron chi connectivity index (χ3n) is 2.31. The average molecular weight is 224 g/mol. The van der Waals surface area contributed by atoms with Crippen LogP contribution in [0.2, 0.25) is 0 Å². The van der Waals surface area contributed by atoms with E-state index in [0.29, 0.717) is 36.7 Å². The van der Waals surface area contributed by atoms with Crippen LogP contribution >= 0.6 is 0 Å². The number of rotatable bonds is 3. The van der Waals surface area contributed by atoms with Crippen molar-refractivity contribution in [3.63, 3.8) is 0 Å². The number of aryl methyl sites for hydroxylation is 1. The average Bonchev–Trinajstić information content (AvgIpc) is 2.25. The highest BCUT2D eigenvalue weighted by molar-refractivity contribution is 5.67. The molecule has 0 amide bonds. The number of benzene rings is 1. The lowest BCUT2D eigenvalue weighted by atomic mass is 10.1. The fourth-order valence-corrected chi connectivity index (χ4v) is 1.64. The van der Waals surface area contributed by atoms with E-state index < -0.39 is 5.97 Å². The summed E-state index contributed by atoms with van der Waals surface area (Å²) < 4.78 is 10.7. The third kappa shape index (κ3) is 2.18. The normalized spacial score (nSPS) is 13.5. The topological polar surface area (TPSA) is 76.0 Å². The Morgan fingerprint density at radius 2 is 2.06 bits per heavy atom. The van der Waals surface area contributed by atoms with Gasteiger partial charge in [-0.25, -0.2) is 0 Å². The first-order valence-corrected chi connectivity index (χ1v) is 5.00. The summed E-state index contributed by atoms with van der Waals surface area (Å²) in [6, 6.07) is 2.98. The zero-order chi connectivity index (χ0) is 11.5. The summed E-state index contributed by atoms with van der Waals surface area (Å²) in [5, 5.41) is 18.1. The molecule has 0 unspecified atom stereocenters. The van der Waals surface area contributed by atoms with E-state index in [1.54, 1.807) is 0 Å². The molecule has 0 aliphatic carbocycles. The molecule has 5 heteroatoms. The standard InChI is InChI=1S/C11H12O5/c12-8-5-7(1-2-10(13)14)11-9(6-8)15-3-4-16-11/h5-6,12H,1-4H2,(H,13,14). The molecule has 5 nitrogen and oxygen atoms in total. The molecule has 1 aliphatic rings. The van der Waals surface area contributed by atoms with Gasteiger partial charge in [0.2, 0.25) is 0 Å². The first-order chi connectivity index (χ1) is 7.66. The van der Waals surface area contributed by atoms with Gasteiger partial charge in [-0.2, -0.15) is 0 Å². The maximum absolute atomic E-state index is 10.5. The highest BCUT2D eigenvalue weighted by Gasteiger charge is 2.17. The molecule has 0 saturated carbocycles. The number of carbonyl (C=O) groups is 1.